The molecule has 0 radical (unpaired) electrons. The molecule has 1 aliphatic heterocycles. The number of carboxylic acid groups (broad SMARTS) is 2. The highest BCUT2D eigenvalue weighted by atomic mass is 32.2. The number of carboxylic acids is 2. The zero-order chi connectivity index (χ0) is 17.4. The number of nitrogens with two attached hydrogens (primary N) is 1. The Kier molecular flexibility index (Phi) is 7.25. The monoisotopic (exact) mass is 345 g/mol. The van der Waals surface area contributed by atoms with Crippen LogP contribution in [-0.2, 0) is 14.3 Å². The second-order valence-electron chi connectivity index (χ2n) is 4.09. The van der Waals surface area contributed by atoms with E-state index in [2.05, 4.69) is 4.98 Å². The van der Waals surface area contributed by atoms with Crippen molar-refractivity contribution in [3.63, 3.8) is 0 Å². The molecule has 2 heterocycles. The number of hydrogen-bond acceptors (Lipinski definition) is 8. The third-order valence-corrected chi connectivity index (χ3v) is 3.52. The predicted octanol–water partition coefficient (Wildman–Crippen LogP) is -0.882. The highest BCUT2D eigenvalue weighted by Gasteiger charge is 2.27. The van der Waals surface area contributed by atoms with Crippen LogP contribution < -0.4 is 11.4 Å². The molecule has 1 aromatic heterocycles. The van der Waals surface area contributed by atoms with Crippen molar-refractivity contribution in [2.45, 2.75) is 11.7 Å². The predicted molar refractivity (Wildman–Crippen MR) is 80.8 cm³/mol. The lowest BCUT2D eigenvalue weighted by atomic mass is 10.5. The number of nitrogen functional groups attached to an aromatic ring is 1. The molecule has 0 unspecified atom stereocenters. The van der Waals surface area contributed by atoms with Gasteiger partial charge in [-0.3, -0.25) is 4.57 Å². The number of nitrogens with zero attached hydrogens (tertiary/aromatic N) is 2. The van der Waals surface area contributed by atoms with Crippen LogP contribution in [0.4, 0.5) is 5.82 Å². The van der Waals surface area contributed by atoms with Gasteiger partial charge in [0.2, 0.25) is 0 Å². The van der Waals surface area contributed by atoms with Gasteiger partial charge in [0.15, 0.2) is 0 Å². The average molecular weight is 345 g/mol. The van der Waals surface area contributed by atoms with Crippen LogP contribution in [0.2, 0.25) is 0 Å². The van der Waals surface area contributed by atoms with Crippen LogP contribution >= 0.6 is 11.8 Å². The van der Waals surface area contributed by atoms with Crippen molar-refractivity contribution < 1.29 is 29.6 Å². The Hall–Kier alpha value is -2.37. The van der Waals surface area contributed by atoms with Gasteiger partial charge in [-0.25, -0.2) is 14.4 Å². The van der Waals surface area contributed by atoms with E-state index in [4.69, 9.17) is 25.8 Å². The van der Waals surface area contributed by atoms with Crippen molar-refractivity contribution in [1.82, 2.24) is 9.55 Å². The van der Waals surface area contributed by atoms with Crippen molar-refractivity contribution in [2.24, 2.45) is 0 Å². The number of carbonyl (C=O) groups is 2. The lowest BCUT2D eigenvalue weighted by Crippen LogP contribution is -2.28. The standard InChI is InChI=1S/C8H11N3O3S.C4H4O4/c9-5-1-2-11(8(13)10-5)6-4-15-7(3-12)14-6;5-3(6)1-2-4(7)8/h1-2,6-7,12H,3-4H2,(H2,9,10,13);1-2H,(H,5,6)(H,7,8)/b;2-1-/t6-,7+;/m0./s1. The Morgan fingerprint density at radius 1 is 1.43 bits per heavy atom. The fraction of sp³-hybridized carbons (Fsp3) is 0.333. The summed E-state index contributed by atoms with van der Waals surface area (Å²) in [6.45, 7) is -0.0572. The highest BCUT2D eigenvalue weighted by Crippen LogP contribution is 2.30. The second kappa shape index (κ2) is 8.92. The van der Waals surface area contributed by atoms with Crippen LogP contribution in [0.5, 0.6) is 0 Å². The lowest BCUT2D eigenvalue weighted by Gasteiger charge is -2.13. The maximum atomic E-state index is 11.4. The molecule has 0 saturated carbocycles. The lowest BCUT2D eigenvalue weighted by molar-refractivity contribution is -0.134. The fourth-order valence-electron chi connectivity index (χ4n) is 1.47. The molecular formula is C12H15N3O7S. The topological polar surface area (TPSA) is 165 Å². The van der Waals surface area contributed by atoms with E-state index in [0.29, 0.717) is 17.9 Å². The second-order valence-corrected chi connectivity index (χ2v) is 5.28. The molecule has 0 aromatic carbocycles. The minimum atomic E-state index is -1.26. The zero-order valence-corrected chi connectivity index (χ0v) is 12.5. The van der Waals surface area contributed by atoms with Crippen LogP contribution in [-0.4, -0.2) is 54.6 Å². The van der Waals surface area contributed by atoms with Crippen molar-refractivity contribution in [3.8, 4) is 0 Å². The summed E-state index contributed by atoms with van der Waals surface area (Å²) in [4.78, 5) is 34.2. The average Bonchev–Trinajstić information content (AvgIpc) is 2.94. The Bertz CT molecular complexity index is 630. The van der Waals surface area contributed by atoms with E-state index >= 15 is 0 Å². The summed E-state index contributed by atoms with van der Waals surface area (Å²) in [5.41, 5.74) is 4.67. The number of thioether (sulfide) groups is 1. The molecule has 0 aliphatic carbocycles. The summed E-state index contributed by atoms with van der Waals surface area (Å²) in [5, 5.41) is 24.5. The van der Waals surface area contributed by atoms with Gasteiger partial charge in [-0.2, -0.15) is 4.98 Å². The van der Waals surface area contributed by atoms with Crippen molar-refractivity contribution >= 4 is 29.5 Å². The fourth-order valence-corrected chi connectivity index (χ4v) is 2.40. The van der Waals surface area contributed by atoms with E-state index in [1.807, 2.05) is 0 Å². The number of aliphatic hydroxyl groups excluding tert-OH is 1. The summed E-state index contributed by atoms with van der Waals surface area (Å²) in [6, 6.07) is 1.54. The van der Waals surface area contributed by atoms with Gasteiger partial charge in [-0.15, -0.1) is 11.8 Å². The first-order valence-corrected chi connectivity index (χ1v) is 7.25. The van der Waals surface area contributed by atoms with Gasteiger partial charge >= 0.3 is 17.6 Å². The Labute approximate surface area is 134 Å². The SMILES string of the molecule is Nc1ccn([C@@H]2CS[C@H](CO)O2)c(=O)n1.O=C(O)/C=C\C(=O)O. The van der Waals surface area contributed by atoms with Gasteiger partial charge in [-0.05, 0) is 6.07 Å². The molecular weight excluding hydrogens is 330 g/mol. The molecule has 5 N–H and O–H groups in total. The first-order chi connectivity index (χ1) is 10.8. The van der Waals surface area contributed by atoms with Crippen molar-refractivity contribution in [3.05, 3.63) is 34.9 Å². The van der Waals surface area contributed by atoms with Crippen molar-refractivity contribution in [2.75, 3.05) is 18.1 Å². The van der Waals surface area contributed by atoms with E-state index in [0.717, 1.165) is 0 Å². The van der Waals surface area contributed by atoms with E-state index in [1.165, 1.54) is 16.3 Å². The third-order valence-electron chi connectivity index (χ3n) is 2.41. The summed E-state index contributed by atoms with van der Waals surface area (Å²) in [6.07, 6.45) is 2.30. The van der Waals surface area contributed by atoms with Crippen LogP contribution in [0.1, 0.15) is 6.23 Å². The molecule has 11 heteroatoms. The summed E-state index contributed by atoms with van der Waals surface area (Å²) < 4.78 is 6.79. The number of aliphatic carboxylic acids is 2. The molecule has 0 spiro atoms. The molecule has 0 amide bonds. The zero-order valence-electron chi connectivity index (χ0n) is 11.7. The Morgan fingerprint density at radius 3 is 2.48 bits per heavy atom. The molecule has 1 saturated heterocycles. The summed E-state index contributed by atoms with van der Waals surface area (Å²) >= 11 is 1.47. The normalized spacial score (nSPS) is 20.0. The van der Waals surface area contributed by atoms with Crippen LogP contribution in [0.15, 0.2) is 29.2 Å². The van der Waals surface area contributed by atoms with Crippen LogP contribution in [0.25, 0.3) is 0 Å². The Morgan fingerprint density at radius 2 is 2.04 bits per heavy atom. The summed E-state index contributed by atoms with van der Waals surface area (Å²) in [5.74, 6) is -1.70. The van der Waals surface area contributed by atoms with Gasteiger partial charge in [0.25, 0.3) is 0 Å². The van der Waals surface area contributed by atoms with Gasteiger partial charge in [0, 0.05) is 24.1 Å². The molecule has 1 fully saturated rings. The minimum Gasteiger partial charge on any atom is -0.478 e. The largest absolute Gasteiger partial charge is 0.478 e. The van der Waals surface area contributed by atoms with E-state index in [-0.39, 0.29) is 24.1 Å². The molecule has 1 aromatic rings. The highest BCUT2D eigenvalue weighted by molar-refractivity contribution is 8.00. The number of aliphatic hydroxyl groups is 1. The molecule has 23 heavy (non-hydrogen) atoms. The maximum absolute atomic E-state index is 11.4. The quantitative estimate of drug-likeness (QED) is 0.503. The molecule has 1 aliphatic rings. The number of hydrogen-bond donors (Lipinski definition) is 4. The van der Waals surface area contributed by atoms with Gasteiger partial charge < -0.3 is 25.8 Å². The first kappa shape index (κ1) is 18.7. The molecule has 2 atom stereocenters. The third kappa shape index (κ3) is 6.50. The van der Waals surface area contributed by atoms with Gasteiger partial charge in [0.1, 0.15) is 17.5 Å². The minimum absolute atomic E-state index is 0.0572. The molecule has 0 bridgehead atoms. The van der Waals surface area contributed by atoms with Gasteiger partial charge in [0.05, 0.1) is 6.61 Å². The van der Waals surface area contributed by atoms with E-state index < -0.39 is 17.6 Å². The van der Waals surface area contributed by atoms with Crippen LogP contribution in [0, 0.1) is 0 Å². The summed E-state index contributed by atoms with van der Waals surface area (Å²) in [7, 11) is 0. The van der Waals surface area contributed by atoms with Crippen LogP contribution in [0.3, 0.4) is 0 Å². The molecule has 10 nitrogen and oxygen atoms in total. The maximum Gasteiger partial charge on any atom is 0.351 e. The molecule has 126 valence electrons. The van der Waals surface area contributed by atoms with Gasteiger partial charge in [-0.1, -0.05) is 0 Å². The van der Waals surface area contributed by atoms with E-state index in [9.17, 15) is 14.4 Å². The smallest absolute Gasteiger partial charge is 0.351 e. The number of rotatable bonds is 4. The Balaban J connectivity index is 0.000000284. The van der Waals surface area contributed by atoms with Crippen molar-refractivity contribution in [1.29, 1.82) is 0 Å². The number of ether oxygens (including phenoxy) is 1. The number of anilines is 1. The molecule has 2 rings (SSSR count). The first-order valence-electron chi connectivity index (χ1n) is 6.20. The number of aromatic nitrogens is 2. The van der Waals surface area contributed by atoms with E-state index in [1.54, 1.807) is 12.3 Å².